The average molecular weight is 490 g/mol. The zero-order chi connectivity index (χ0) is 17.6. The molecule has 0 saturated carbocycles. The summed E-state index contributed by atoms with van der Waals surface area (Å²) in [6, 6.07) is 6.07. The highest BCUT2D eigenvalue weighted by atomic mass is 127. The number of hydrogen-bond donors (Lipinski definition) is 1. The maximum atomic E-state index is 6.16. The largest absolute Gasteiger partial charge is 0.368 e. The number of anilines is 1. The van der Waals surface area contributed by atoms with Crippen LogP contribution in [0.15, 0.2) is 35.8 Å². The Kier molecular flexibility index (Phi) is 7.95. The van der Waals surface area contributed by atoms with E-state index in [0.717, 1.165) is 50.3 Å². The average Bonchev–Trinajstić information content (AvgIpc) is 3.15. The molecule has 3 rings (SSSR count). The summed E-state index contributed by atoms with van der Waals surface area (Å²) in [5.74, 6) is 0.933. The van der Waals surface area contributed by atoms with E-state index in [1.54, 1.807) is 17.3 Å². The van der Waals surface area contributed by atoms with E-state index in [9.17, 15) is 0 Å². The summed E-state index contributed by atoms with van der Waals surface area (Å²) < 4.78 is 1.81. The molecule has 1 N–H and O–H groups in total. The lowest BCUT2D eigenvalue weighted by atomic mass is 10.1. The van der Waals surface area contributed by atoms with E-state index in [1.165, 1.54) is 11.3 Å². The highest BCUT2D eigenvalue weighted by Crippen LogP contribution is 2.25. The minimum Gasteiger partial charge on any atom is -0.368 e. The molecule has 0 bridgehead atoms. The van der Waals surface area contributed by atoms with Crippen molar-refractivity contribution in [1.29, 1.82) is 0 Å². The molecule has 7 nitrogen and oxygen atoms in total. The maximum absolute atomic E-state index is 6.16. The number of guanidine groups is 1. The van der Waals surface area contributed by atoms with Gasteiger partial charge in [0.15, 0.2) is 5.96 Å². The fourth-order valence-corrected chi connectivity index (χ4v) is 3.21. The van der Waals surface area contributed by atoms with Crippen LogP contribution in [0.3, 0.4) is 0 Å². The molecule has 2 heterocycles. The molecule has 0 amide bonds. The van der Waals surface area contributed by atoms with Crippen molar-refractivity contribution in [3.05, 3.63) is 41.4 Å². The number of nitrogens with one attached hydrogen (secondary N) is 1. The van der Waals surface area contributed by atoms with Gasteiger partial charge in [0.25, 0.3) is 0 Å². The predicted molar refractivity (Wildman–Crippen MR) is 117 cm³/mol. The molecule has 26 heavy (non-hydrogen) atoms. The van der Waals surface area contributed by atoms with E-state index in [1.807, 2.05) is 13.1 Å². The monoisotopic (exact) mass is 489 g/mol. The number of benzene rings is 1. The molecule has 1 aromatic heterocycles. The fraction of sp³-hybridized carbons (Fsp3) is 0.471. The van der Waals surface area contributed by atoms with Gasteiger partial charge in [0.2, 0.25) is 0 Å². The van der Waals surface area contributed by atoms with E-state index in [-0.39, 0.29) is 24.0 Å². The van der Waals surface area contributed by atoms with Gasteiger partial charge < -0.3 is 15.1 Å². The Morgan fingerprint density at radius 2 is 2.04 bits per heavy atom. The van der Waals surface area contributed by atoms with Gasteiger partial charge in [-0.1, -0.05) is 17.7 Å². The normalized spacial score (nSPS) is 15.0. The molecule has 142 valence electrons. The van der Waals surface area contributed by atoms with Crippen LogP contribution in [0.2, 0.25) is 5.02 Å². The number of rotatable bonds is 4. The Labute approximate surface area is 176 Å². The summed E-state index contributed by atoms with van der Waals surface area (Å²) in [7, 11) is 1.82. The molecule has 1 aliphatic rings. The predicted octanol–water partition coefficient (Wildman–Crippen LogP) is 2.26. The van der Waals surface area contributed by atoms with Crippen LogP contribution in [0.4, 0.5) is 5.69 Å². The Morgan fingerprint density at radius 3 is 2.69 bits per heavy atom. The molecule has 0 radical (unpaired) electrons. The van der Waals surface area contributed by atoms with Gasteiger partial charge in [-0.05, 0) is 24.6 Å². The molecule has 0 spiro atoms. The van der Waals surface area contributed by atoms with E-state index in [0.29, 0.717) is 0 Å². The fourth-order valence-electron chi connectivity index (χ4n) is 3.05. The first-order valence-electron chi connectivity index (χ1n) is 8.46. The lowest BCUT2D eigenvalue weighted by Crippen LogP contribution is -2.53. The van der Waals surface area contributed by atoms with Crippen molar-refractivity contribution in [3.8, 4) is 0 Å². The first-order valence-corrected chi connectivity index (χ1v) is 8.84. The summed E-state index contributed by atoms with van der Waals surface area (Å²) in [6.45, 7) is 7.41. The third-order valence-corrected chi connectivity index (χ3v) is 4.63. The van der Waals surface area contributed by atoms with Crippen molar-refractivity contribution < 1.29 is 0 Å². The van der Waals surface area contributed by atoms with Crippen LogP contribution in [0, 0.1) is 6.92 Å². The van der Waals surface area contributed by atoms with Gasteiger partial charge in [0.05, 0.1) is 6.54 Å². The van der Waals surface area contributed by atoms with E-state index in [4.69, 9.17) is 11.6 Å². The molecular formula is C17H25ClIN7. The summed E-state index contributed by atoms with van der Waals surface area (Å²) >= 11 is 6.16. The van der Waals surface area contributed by atoms with Gasteiger partial charge in [-0.25, -0.2) is 4.98 Å². The van der Waals surface area contributed by atoms with Gasteiger partial charge in [-0.2, -0.15) is 5.10 Å². The van der Waals surface area contributed by atoms with Crippen LogP contribution in [0.1, 0.15) is 5.56 Å². The number of aryl methyl sites for hydroxylation is 1. The van der Waals surface area contributed by atoms with Crippen molar-refractivity contribution in [2.75, 3.05) is 44.7 Å². The van der Waals surface area contributed by atoms with E-state index in [2.05, 4.69) is 49.2 Å². The topological polar surface area (TPSA) is 61.6 Å². The zero-order valence-corrected chi connectivity index (χ0v) is 18.2. The van der Waals surface area contributed by atoms with Crippen LogP contribution < -0.4 is 10.2 Å². The van der Waals surface area contributed by atoms with Crippen LogP contribution in [0.25, 0.3) is 0 Å². The summed E-state index contributed by atoms with van der Waals surface area (Å²) in [6.07, 6.45) is 3.27. The number of nitrogens with zero attached hydrogens (tertiary/aromatic N) is 6. The smallest absolute Gasteiger partial charge is 0.193 e. The van der Waals surface area contributed by atoms with Gasteiger partial charge in [0, 0.05) is 50.5 Å². The SMILES string of the molecule is CN=C(NCCn1cncn1)N1CCN(c2cc(Cl)ccc2C)CC1.I. The highest BCUT2D eigenvalue weighted by Gasteiger charge is 2.20. The lowest BCUT2D eigenvalue weighted by Gasteiger charge is -2.38. The first-order chi connectivity index (χ1) is 12.2. The highest BCUT2D eigenvalue weighted by molar-refractivity contribution is 14.0. The molecule has 2 aromatic rings. The molecule has 1 fully saturated rings. The lowest BCUT2D eigenvalue weighted by molar-refractivity contribution is 0.371. The Bertz CT molecular complexity index is 712. The van der Waals surface area contributed by atoms with Crippen LogP contribution in [0.5, 0.6) is 0 Å². The minimum absolute atomic E-state index is 0. The summed E-state index contributed by atoms with van der Waals surface area (Å²) in [4.78, 5) is 13.0. The number of hydrogen-bond acceptors (Lipinski definition) is 4. The molecule has 0 aliphatic carbocycles. The van der Waals surface area contributed by atoms with Crippen LogP contribution >= 0.6 is 35.6 Å². The molecule has 9 heteroatoms. The Hall–Kier alpha value is -1.55. The molecule has 1 aliphatic heterocycles. The van der Waals surface area contributed by atoms with Crippen molar-refractivity contribution in [2.45, 2.75) is 13.5 Å². The van der Waals surface area contributed by atoms with Crippen molar-refractivity contribution >= 4 is 47.2 Å². The molecule has 0 atom stereocenters. The molecule has 0 unspecified atom stereocenters. The second kappa shape index (κ2) is 9.96. The maximum Gasteiger partial charge on any atom is 0.193 e. The third kappa shape index (κ3) is 5.23. The quantitative estimate of drug-likeness (QED) is 0.406. The second-order valence-electron chi connectivity index (χ2n) is 6.04. The Morgan fingerprint density at radius 1 is 1.27 bits per heavy atom. The summed E-state index contributed by atoms with van der Waals surface area (Å²) in [5.41, 5.74) is 2.48. The molecule has 1 saturated heterocycles. The second-order valence-corrected chi connectivity index (χ2v) is 6.47. The number of halogens is 2. The van der Waals surface area contributed by atoms with Crippen molar-refractivity contribution in [1.82, 2.24) is 25.0 Å². The van der Waals surface area contributed by atoms with Gasteiger partial charge in [-0.3, -0.25) is 9.67 Å². The Balaban J connectivity index is 0.00000243. The van der Waals surface area contributed by atoms with E-state index >= 15 is 0 Å². The standard InChI is InChI=1S/C17H24ClN7.HI/c1-14-3-4-15(18)11-16(14)23-7-9-24(10-8-23)17(19-2)21-5-6-25-13-20-12-22-25;/h3-4,11-13H,5-10H2,1-2H3,(H,19,21);1H. The number of piperazine rings is 1. The van der Waals surface area contributed by atoms with Crippen molar-refractivity contribution in [2.24, 2.45) is 4.99 Å². The van der Waals surface area contributed by atoms with Gasteiger partial charge >= 0.3 is 0 Å². The van der Waals surface area contributed by atoms with Gasteiger partial charge in [-0.15, -0.1) is 24.0 Å². The van der Waals surface area contributed by atoms with Crippen LogP contribution in [-0.2, 0) is 6.54 Å². The molecule has 1 aromatic carbocycles. The number of aromatic nitrogens is 3. The molecular weight excluding hydrogens is 465 g/mol. The zero-order valence-electron chi connectivity index (χ0n) is 15.1. The third-order valence-electron chi connectivity index (χ3n) is 4.39. The minimum atomic E-state index is 0. The van der Waals surface area contributed by atoms with Crippen molar-refractivity contribution in [3.63, 3.8) is 0 Å². The van der Waals surface area contributed by atoms with Gasteiger partial charge in [0.1, 0.15) is 12.7 Å². The van der Waals surface area contributed by atoms with E-state index < -0.39 is 0 Å². The number of aliphatic imine (C=N–C) groups is 1. The first kappa shape index (κ1) is 20.8. The summed E-state index contributed by atoms with van der Waals surface area (Å²) in [5, 5.41) is 8.29. The van der Waals surface area contributed by atoms with Crippen LogP contribution in [-0.4, -0.2) is 65.4 Å².